The first-order valence-corrected chi connectivity index (χ1v) is 7.85. The second kappa shape index (κ2) is 6.16. The van der Waals surface area contributed by atoms with Crippen molar-refractivity contribution >= 4 is 5.91 Å². The van der Waals surface area contributed by atoms with Gasteiger partial charge >= 0.3 is 0 Å². The Labute approximate surface area is 134 Å². The Hall–Kier alpha value is -2.15. The lowest BCUT2D eigenvalue weighted by Gasteiger charge is -2.41. The largest absolute Gasteiger partial charge is 0.391 e. The summed E-state index contributed by atoms with van der Waals surface area (Å²) in [6, 6.07) is -0.270. The molecule has 0 radical (unpaired) electrons. The molecule has 2 aromatic rings. The van der Waals surface area contributed by atoms with Crippen LogP contribution in [0.5, 0.6) is 0 Å². The number of aliphatic hydroxyl groups is 1. The molecule has 7 nitrogen and oxygen atoms in total. The van der Waals surface area contributed by atoms with Crippen LogP contribution in [0.15, 0.2) is 16.9 Å². The Balaban J connectivity index is 1.56. The average molecular weight is 318 g/mol. The molecule has 0 unspecified atom stereocenters. The van der Waals surface area contributed by atoms with Gasteiger partial charge in [-0.25, -0.2) is 0 Å². The van der Waals surface area contributed by atoms with Crippen LogP contribution < -0.4 is 5.32 Å². The van der Waals surface area contributed by atoms with Crippen molar-refractivity contribution in [1.82, 2.24) is 20.3 Å². The predicted molar refractivity (Wildman–Crippen MR) is 82.9 cm³/mol. The van der Waals surface area contributed by atoms with E-state index in [1.54, 1.807) is 10.9 Å². The predicted octanol–water partition coefficient (Wildman–Crippen LogP) is 1.22. The highest BCUT2D eigenvalue weighted by Crippen LogP contribution is 2.32. The minimum absolute atomic E-state index is 0.0317. The van der Waals surface area contributed by atoms with E-state index >= 15 is 0 Å². The molecule has 2 N–H and O–H groups in total. The quantitative estimate of drug-likeness (QED) is 0.864. The van der Waals surface area contributed by atoms with E-state index in [0.717, 1.165) is 22.6 Å². The fourth-order valence-electron chi connectivity index (χ4n) is 3.09. The summed E-state index contributed by atoms with van der Waals surface area (Å²) in [6.07, 6.45) is 4.70. The van der Waals surface area contributed by atoms with Crippen LogP contribution >= 0.6 is 0 Å². The number of nitrogens with one attached hydrogen (secondary N) is 1. The number of nitrogens with zero attached hydrogens (tertiary/aromatic N) is 3. The van der Waals surface area contributed by atoms with Crippen LogP contribution in [0.1, 0.15) is 41.5 Å². The van der Waals surface area contributed by atoms with Gasteiger partial charge in [0.05, 0.1) is 30.1 Å². The molecule has 23 heavy (non-hydrogen) atoms. The molecule has 124 valence electrons. The van der Waals surface area contributed by atoms with Crippen LogP contribution in [0.25, 0.3) is 0 Å². The summed E-state index contributed by atoms with van der Waals surface area (Å²) in [4.78, 5) is 12.2. The molecule has 1 saturated carbocycles. The van der Waals surface area contributed by atoms with E-state index < -0.39 is 6.10 Å². The Morgan fingerprint density at radius 3 is 2.83 bits per heavy atom. The van der Waals surface area contributed by atoms with Gasteiger partial charge < -0.3 is 14.9 Å². The monoisotopic (exact) mass is 318 g/mol. The van der Waals surface area contributed by atoms with Crippen molar-refractivity contribution in [3.63, 3.8) is 0 Å². The van der Waals surface area contributed by atoms with E-state index in [4.69, 9.17) is 4.52 Å². The van der Waals surface area contributed by atoms with Crippen LogP contribution in [0.4, 0.5) is 0 Å². The summed E-state index contributed by atoms with van der Waals surface area (Å²) >= 11 is 0. The normalized spacial score (nSPS) is 23.6. The number of aromatic nitrogens is 3. The summed E-state index contributed by atoms with van der Waals surface area (Å²) in [5, 5.41) is 21.1. The maximum absolute atomic E-state index is 12.2. The fourth-order valence-corrected chi connectivity index (χ4v) is 3.09. The topological polar surface area (TPSA) is 93.2 Å². The molecule has 0 aliphatic heterocycles. The first-order valence-electron chi connectivity index (χ1n) is 7.85. The van der Waals surface area contributed by atoms with E-state index in [0.29, 0.717) is 19.3 Å². The Bertz CT molecular complexity index is 686. The number of rotatable bonds is 5. The maximum Gasteiger partial charge on any atom is 0.220 e. The molecule has 0 spiro atoms. The van der Waals surface area contributed by atoms with Crippen LogP contribution in [-0.2, 0) is 11.2 Å². The van der Waals surface area contributed by atoms with Crippen molar-refractivity contribution < 1.29 is 14.4 Å². The first kappa shape index (κ1) is 15.7. The molecule has 1 fully saturated rings. The lowest BCUT2D eigenvalue weighted by molar-refractivity contribution is -0.124. The zero-order chi connectivity index (χ0) is 16.6. The lowest BCUT2D eigenvalue weighted by atomic mass is 9.83. The summed E-state index contributed by atoms with van der Waals surface area (Å²) in [5.41, 5.74) is 2.86. The molecule has 0 aromatic carbocycles. The third-order valence-corrected chi connectivity index (χ3v) is 4.47. The number of aryl methyl sites for hydroxylation is 3. The van der Waals surface area contributed by atoms with E-state index in [2.05, 4.69) is 15.6 Å². The molecular formula is C16H22N4O3. The number of carbonyl (C=O) groups is 1. The standard InChI is InChI=1S/C16H22N4O3/c1-9-7-17-20(8-9)16-13(6-14(16)21)18-15(22)5-4-12-10(2)19-23-11(12)3/h7-8,13-14,16,21H,4-6H2,1-3H3,(H,18,22)/t13-,14+,16+/m0/s1. The highest BCUT2D eigenvalue weighted by molar-refractivity contribution is 5.76. The number of hydrogen-bond acceptors (Lipinski definition) is 5. The molecule has 1 aliphatic carbocycles. The third kappa shape index (κ3) is 3.14. The third-order valence-electron chi connectivity index (χ3n) is 4.47. The van der Waals surface area contributed by atoms with Crippen molar-refractivity contribution in [1.29, 1.82) is 0 Å². The van der Waals surface area contributed by atoms with Gasteiger partial charge in [0, 0.05) is 18.2 Å². The summed E-state index contributed by atoms with van der Waals surface area (Å²) in [7, 11) is 0. The number of carbonyl (C=O) groups excluding carboxylic acids is 1. The minimum Gasteiger partial charge on any atom is -0.391 e. The van der Waals surface area contributed by atoms with Crippen LogP contribution in [-0.4, -0.2) is 38.1 Å². The second-order valence-electron chi connectivity index (χ2n) is 6.27. The average Bonchev–Trinajstić information content (AvgIpc) is 3.03. The van der Waals surface area contributed by atoms with Gasteiger partial charge in [-0.1, -0.05) is 5.16 Å². The molecule has 0 bridgehead atoms. The molecule has 1 amide bonds. The Morgan fingerprint density at radius 1 is 1.48 bits per heavy atom. The van der Waals surface area contributed by atoms with Gasteiger partial charge in [-0.2, -0.15) is 5.10 Å². The van der Waals surface area contributed by atoms with Gasteiger partial charge in [-0.15, -0.1) is 0 Å². The first-order chi connectivity index (χ1) is 11.0. The number of amides is 1. The van der Waals surface area contributed by atoms with Gasteiger partial charge in [-0.3, -0.25) is 9.48 Å². The van der Waals surface area contributed by atoms with Gasteiger partial charge in [0.1, 0.15) is 5.76 Å². The SMILES string of the molecule is Cc1cnn([C@H]2[C@H](O)C[C@@H]2NC(=O)CCc2c(C)noc2C)c1. The zero-order valence-corrected chi connectivity index (χ0v) is 13.6. The second-order valence-corrected chi connectivity index (χ2v) is 6.27. The van der Waals surface area contributed by atoms with E-state index in [1.807, 2.05) is 27.0 Å². The van der Waals surface area contributed by atoms with Crippen LogP contribution in [0.2, 0.25) is 0 Å². The van der Waals surface area contributed by atoms with Gasteiger partial charge in [0.2, 0.25) is 5.91 Å². The zero-order valence-electron chi connectivity index (χ0n) is 13.6. The van der Waals surface area contributed by atoms with Crippen LogP contribution in [0, 0.1) is 20.8 Å². The Kier molecular flexibility index (Phi) is 4.21. The van der Waals surface area contributed by atoms with Gasteiger partial charge in [0.25, 0.3) is 0 Å². The van der Waals surface area contributed by atoms with Gasteiger partial charge in [0.15, 0.2) is 0 Å². The molecule has 2 aromatic heterocycles. The van der Waals surface area contributed by atoms with Crippen molar-refractivity contribution in [3.8, 4) is 0 Å². The smallest absolute Gasteiger partial charge is 0.220 e. The van der Waals surface area contributed by atoms with Crippen molar-refractivity contribution in [2.45, 2.75) is 58.2 Å². The highest BCUT2D eigenvalue weighted by Gasteiger charge is 2.42. The number of hydrogen-bond donors (Lipinski definition) is 2. The van der Waals surface area contributed by atoms with E-state index in [9.17, 15) is 9.90 Å². The summed E-state index contributed by atoms with van der Waals surface area (Å²) in [5.74, 6) is 0.732. The van der Waals surface area contributed by atoms with Crippen molar-refractivity contribution in [3.05, 3.63) is 35.0 Å². The summed E-state index contributed by atoms with van der Waals surface area (Å²) < 4.78 is 6.84. The minimum atomic E-state index is -0.470. The molecule has 7 heteroatoms. The molecule has 0 saturated heterocycles. The van der Waals surface area contributed by atoms with Gasteiger partial charge in [-0.05, 0) is 39.2 Å². The molecule has 3 atom stereocenters. The molecule has 1 aliphatic rings. The maximum atomic E-state index is 12.2. The van der Waals surface area contributed by atoms with E-state index in [1.165, 1.54) is 0 Å². The fraction of sp³-hybridized carbons (Fsp3) is 0.562. The van der Waals surface area contributed by atoms with E-state index in [-0.39, 0.29) is 18.0 Å². The molecule has 3 rings (SSSR count). The molecule has 2 heterocycles. The van der Waals surface area contributed by atoms with Crippen LogP contribution in [0.3, 0.4) is 0 Å². The van der Waals surface area contributed by atoms with Crippen molar-refractivity contribution in [2.75, 3.05) is 0 Å². The Morgan fingerprint density at radius 2 is 2.26 bits per heavy atom. The summed E-state index contributed by atoms with van der Waals surface area (Å²) in [6.45, 7) is 5.68. The number of aliphatic hydroxyl groups excluding tert-OH is 1. The molecular weight excluding hydrogens is 296 g/mol. The highest BCUT2D eigenvalue weighted by atomic mass is 16.5. The van der Waals surface area contributed by atoms with Crippen molar-refractivity contribution in [2.24, 2.45) is 0 Å². The lowest BCUT2D eigenvalue weighted by Crippen LogP contribution is -2.56.